The average Bonchev–Trinajstić information content (AvgIpc) is 3.36. The standard InChI is InChI=1S/C33H54O13S2/c1-18(2)8-7-13-33(6,36)26-10-9-22-21-17-25(42-30-28(35)27(34)29(19(3)41-30)44-46-48(39)40)24-16-20(43-45-47(37)38)11-14-31(24,4)23(21)12-15-32(22,26)5/h8,12,19-22,24-30,34-36H,7,9-11,13-17H2,1-6H3,(H,37,38)(H,39,40)/p-2. The molecule has 4 fully saturated rings. The number of hydrogen-bond donors (Lipinski definition) is 3. The first-order valence-corrected chi connectivity index (χ1v) is 19.1. The SMILES string of the molecule is CC(C)=CCCC(C)(O)C1CCC2C3CC(OC4OC(C)C(OOS(=O)[O-])C(O)C4O)C4CC(OOS(=O)[O-])CCC4(C)C3=CCC21C. The number of ether oxygens (including phenoxy) is 2. The molecule has 0 aromatic heterocycles. The molecule has 15 heteroatoms. The summed E-state index contributed by atoms with van der Waals surface area (Å²) < 4.78 is 65.2. The molecule has 276 valence electrons. The maximum atomic E-state index is 11.9. The van der Waals surface area contributed by atoms with E-state index in [1.165, 1.54) is 11.1 Å². The number of rotatable bonds is 12. The van der Waals surface area contributed by atoms with Gasteiger partial charge in [-0.05, 0) is 120 Å². The molecule has 1 saturated heterocycles. The van der Waals surface area contributed by atoms with Crippen molar-refractivity contribution < 1.29 is 60.8 Å². The number of aliphatic hydroxyl groups is 3. The Bertz CT molecular complexity index is 1260. The zero-order chi connectivity index (χ0) is 35.2. The lowest BCUT2D eigenvalue weighted by Gasteiger charge is -2.60. The molecule has 0 amide bonds. The third kappa shape index (κ3) is 7.74. The van der Waals surface area contributed by atoms with Crippen LogP contribution in [0.3, 0.4) is 0 Å². The zero-order valence-corrected chi connectivity index (χ0v) is 30.2. The number of fused-ring (bicyclic) bond motifs is 5. The highest BCUT2D eigenvalue weighted by molar-refractivity contribution is 7.74. The molecule has 5 aliphatic rings. The van der Waals surface area contributed by atoms with Crippen LogP contribution in [0.2, 0.25) is 0 Å². The Morgan fingerprint density at radius 2 is 1.75 bits per heavy atom. The molecule has 0 aromatic carbocycles. The summed E-state index contributed by atoms with van der Waals surface area (Å²) in [5.74, 6) is 0.362. The Morgan fingerprint density at radius 3 is 2.42 bits per heavy atom. The van der Waals surface area contributed by atoms with Gasteiger partial charge < -0.3 is 33.9 Å². The van der Waals surface area contributed by atoms with Gasteiger partial charge in [-0.15, -0.1) is 8.67 Å². The summed E-state index contributed by atoms with van der Waals surface area (Å²) in [4.78, 5) is 10.1. The Kier molecular flexibility index (Phi) is 12.2. The first-order valence-electron chi connectivity index (χ1n) is 17.1. The van der Waals surface area contributed by atoms with Crippen LogP contribution in [0, 0.1) is 34.5 Å². The van der Waals surface area contributed by atoms with Crippen molar-refractivity contribution in [3.63, 3.8) is 0 Å². The fourth-order valence-electron chi connectivity index (χ4n) is 10.2. The van der Waals surface area contributed by atoms with Gasteiger partial charge in [-0.2, -0.15) is 0 Å². The Morgan fingerprint density at radius 1 is 1.06 bits per heavy atom. The number of hydrogen-bond acceptors (Lipinski definition) is 13. The fraction of sp³-hybridized carbons (Fsp3) is 0.879. The van der Waals surface area contributed by atoms with E-state index in [-0.39, 0.29) is 34.5 Å². The van der Waals surface area contributed by atoms with Crippen LogP contribution in [-0.2, 0) is 50.6 Å². The molecule has 16 unspecified atom stereocenters. The molecule has 13 nitrogen and oxygen atoms in total. The predicted octanol–water partition coefficient (Wildman–Crippen LogP) is 3.75. The van der Waals surface area contributed by atoms with E-state index in [0.29, 0.717) is 32.1 Å². The van der Waals surface area contributed by atoms with Crippen molar-refractivity contribution in [3.8, 4) is 0 Å². The monoisotopic (exact) mass is 720 g/mol. The fourth-order valence-corrected chi connectivity index (χ4v) is 10.5. The van der Waals surface area contributed by atoms with Crippen molar-refractivity contribution in [1.82, 2.24) is 0 Å². The second-order valence-corrected chi connectivity index (χ2v) is 16.7. The van der Waals surface area contributed by atoms with Gasteiger partial charge >= 0.3 is 0 Å². The minimum atomic E-state index is -3.00. The van der Waals surface area contributed by atoms with Gasteiger partial charge in [-0.1, -0.05) is 37.1 Å². The Labute approximate surface area is 288 Å². The van der Waals surface area contributed by atoms with Crippen LogP contribution in [0.25, 0.3) is 0 Å². The highest BCUT2D eigenvalue weighted by Crippen LogP contribution is 2.67. The summed E-state index contributed by atoms with van der Waals surface area (Å²) in [6.07, 6.45) is 3.50. The summed E-state index contributed by atoms with van der Waals surface area (Å²) in [7, 11) is 0. The van der Waals surface area contributed by atoms with Crippen LogP contribution >= 0.6 is 0 Å². The van der Waals surface area contributed by atoms with Gasteiger partial charge in [-0.25, -0.2) is 18.2 Å². The molecule has 5 rings (SSSR count). The van der Waals surface area contributed by atoms with E-state index in [0.717, 1.165) is 25.7 Å². The second kappa shape index (κ2) is 15.1. The van der Waals surface area contributed by atoms with Gasteiger partial charge in [0.1, 0.15) is 41.0 Å². The molecule has 1 aliphatic heterocycles. The molecule has 0 spiro atoms. The molecular formula is C33H52O13S2-2. The highest BCUT2D eigenvalue weighted by Gasteiger charge is 2.62. The smallest absolute Gasteiger partial charge is 0.186 e. The molecule has 1 heterocycles. The molecule has 3 N–H and O–H groups in total. The van der Waals surface area contributed by atoms with Crippen molar-refractivity contribution >= 4 is 22.7 Å². The molecule has 0 aromatic rings. The summed E-state index contributed by atoms with van der Waals surface area (Å²) in [6, 6.07) is 0. The lowest BCUT2D eigenvalue weighted by atomic mass is 9.47. The molecule has 16 atom stereocenters. The summed E-state index contributed by atoms with van der Waals surface area (Å²) >= 11 is -5.83. The van der Waals surface area contributed by atoms with E-state index in [2.05, 4.69) is 48.5 Å². The quantitative estimate of drug-likeness (QED) is 0.114. The maximum Gasteiger partial charge on any atom is 0.186 e. The molecule has 0 radical (unpaired) electrons. The van der Waals surface area contributed by atoms with Gasteiger partial charge in [0.2, 0.25) is 0 Å². The maximum absolute atomic E-state index is 11.9. The lowest BCUT2D eigenvalue weighted by molar-refractivity contribution is -0.364. The topological polar surface area (TPSA) is 196 Å². The van der Waals surface area contributed by atoms with Gasteiger partial charge in [0.05, 0.1) is 23.9 Å². The van der Waals surface area contributed by atoms with E-state index >= 15 is 0 Å². The van der Waals surface area contributed by atoms with Crippen molar-refractivity contribution in [2.24, 2.45) is 34.5 Å². The van der Waals surface area contributed by atoms with Gasteiger partial charge in [0.15, 0.2) is 6.29 Å². The molecule has 48 heavy (non-hydrogen) atoms. The third-order valence-corrected chi connectivity index (χ3v) is 12.8. The highest BCUT2D eigenvalue weighted by atomic mass is 32.2. The van der Waals surface area contributed by atoms with Gasteiger partial charge in [0.25, 0.3) is 0 Å². The van der Waals surface area contributed by atoms with Crippen LogP contribution in [-0.4, -0.2) is 81.4 Å². The molecule has 4 aliphatic carbocycles. The minimum absolute atomic E-state index is 0.111. The first-order chi connectivity index (χ1) is 22.5. The van der Waals surface area contributed by atoms with E-state index < -0.39 is 71.2 Å². The third-order valence-electron chi connectivity index (χ3n) is 12.4. The van der Waals surface area contributed by atoms with Gasteiger partial charge in [-0.3, -0.25) is 0 Å². The van der Waals surface area contributed by atoms with E-state index in [4.69, 9.17) is 19.2 Å². The molecule has 0 bridgehead atoms. The number of aliphatic hydroxyl groups excluding tert-OH is 2. The van der Waals surface area contributed by atoms with Crippen LogP contribution < -0.4 is 0 Å². The predicted molar refractivity (Wildman–Crippen MR) is 171 cm³/mol. The summed E-state index contributed by atoms with van der Waals surface area (Å²) in [6.45, 7) is 12.2. The van der Waals surface area contributed by atoms with Crippen LogP contribution in [0.15, 0.2) is 23.3 Å². The van der Waals surface area contributed by atoms with Crippen molar-refractivity contribution in [2.75, 3.05) is 0 Å². The zero-order valence-electron chi connectivity index (χ0n) is 28.6. The lowest BCUT2D eigenvalue weighted by Crippen LogP contribution is -2.61. The molecule has 3 saturated carbocycles. The second-order valence-electron chi connectivity index (χ2n) is 15.6. The van der Waals surface area contributed by atoms with Crippen molar-refractivity contribution in [1.29, 1.82) is 0 Å². The minimum Gasteiger partial charge on any atom is -0.748 e. The van der Waals surface area contributed by atoms with Crippen LogP contribution in [0.1, 0.15) is 99.3 Å². The van der Waals surface area contributed by atoms with E-state index in [9.17, 15) is 32.8 Å². The van der Waals surface area contributed by atoms with Crippen LogP contribution in [0.5, 0.6) is 0 Å². The first kappa shape index (κ1) is 38.6. The van der Waals surface area contributed by atoms with Gasteiger partial charge in [0, 0.05) is 0 Å². The summed E-state index contributed by atoms with van der Waals surface area (Å²) in [5.41, 5.74) is 1.29. The van der Waals surface area contributed by atoms with E-state index in [1.54, 1.807) is 6.92 Å². The molecular weight excluding hydrogens is 668 g/mol. The van der Waals surface area contributed by atoms with Crippen molar-refractivity contribution in [2.45, 2.75) is 148 Å². The van der Waals surface area contributed by atoms with E-state index in [1.807, 2.05) is 6.92 Å². The average molecular weight is 721 g/mol. The summed E-state index contributed by atoms with van der Waals surface area (Å²) in [5, 5.41) is 33.8. The normalized spacial score (nSPS) is 45.1. The van der Waals surface area contributed by atoms with Crippen molar-refractivity contribution in [3.05, 3.63) is 23.3 Å². The largest absolute Gasteiger partial charge is 0.748 e. The Hall–Kier alpha value is -0.660. The Balaban J connectivity index is 1.42. The van der Waals surface area contributed by atoms with Crippen LogP contribution in [0.4, 0.5) is 0 Å². The number of allylic oxidation sites excluding steroid dienone is 4.